The Hall–Kier alpha value is -3.15. The number of hydrogen-bond acceptors (Lipinski definition) is 3. The van der Waals surface area contributed by atoms with Crippen LogP contribution in [0.4, 0.5) is 11.4 Å². The lowest BCUT2D eigenvalue weighted by Gasteiger charge is -2.31. The van der Waals surface area contributed by atoms with Crippen LogP contribution in [0.25, 0.3) is 0 Å². The van der Waals surface area contributed by atoms with Gasteiger partial charge in [0.25, 0.3) is 5.91 Å². The second-order valence-corrected chi connectivity index (χ2v) is 7.61. The summed E-state index contributed by atoms with van der Waals surface area (Å²) in [6, 6.07) is 14.6. The largest absolute Gasteiger partial charge is 0.342 e. The van der Waals surface area contributed by atoms with Crippen LogP contribution in [0, 0.1) is 5.92 Å². The predicted octanol–water partition coefficient (Wildman–Crippen LogP) is 4.09. The lowest BCUT2D eigenvalue weighted by atomic mass is 9.96. The first-order chi connectivity index (χ1) is 14.5. The molecule has 1 heterocycles. The average molecular weight is 408 g/mol. The number of para-hydroxylation sites is 1. The number of hydrogen-bond donors (Lipinski definition) is 2. The highest BCUT2D eigenvalue weighted by molar-refractivity contribution is 6.05. The van der Waals surface area contributed by atoms with Gasteiger partial charge in [0.15, 0.2) is 0 Å². The number of carbonyl (C=O) groups excluding carboxylic acids is 3. The number of nitrogens with one attached hydrogen (secondary N) is 2. The van der Waals surface area contributed by atoms with Crippen LogP contribution in [-0.2, 0) is 16.0 Å². The molecule has 2 aromatic rings. The van der Waals surface area contributed by atoms with Gasteiger partial charge in [-0.05, 0) is 49.1 Å². The number of piperidine rings is 1. The molecule has 1 aliphatic heterocycles. The molecule has 0 aliphatic carbocycles. The fourth-order valence-corrected chi connectivity index (χ4v) is 3.74. The molecule has 0 saturated carbocycles. The van der Waals surface area contributed by atoms with Crippen molar-refractivity contribution < 1.29 is 14.4 Å². The van der Waals surface area contributed by atoms with E-state index in [1.807, 2.05) is 38.1 Å². The maximum absolute atomic E-state index is 12.7. The second-order valence-electron chi connectivity index (χ2n) is 7.61. The molecule has 2 N–H and O–H groups in total. The Kier molecular flexibility index (Phi) is 7.22. The molecule has 0 spiro atoms. The Morgan fingerprint density at radius 3 is 2.63 bits per heavy atom. The Bertz CT molecular complexity index is 925. The molecule has 6 nitrogen and oxygen atoms in total. The number of amides is 3. The fraction of sp³-hybridized carbons (Fsp3) is 0.375. The molecule has 0 radical (unpaired) electrons. The van der Waals surface area contributed by atoms with E-state index in [4.69, 9.17) is 0 Å². The summed E-state index contributed by atoms with van der Waals surface area (Å²) >= 11 is 0. The highest BCUT2D eigenvalue weighted by atomic mass is 16.2. The summed E-state index contributed by atoms with van der Waals surface area (Å²) in [5, 5.41) is 5.86. The molecular weight excluding hydrogens is 378 g/mol. The molecule has 0 bridgehead atoms. The maximum atomic E-state index is 12.7. The second kappa shape index (κ2) is 10.1. The number of rotatable bonds is 7. The van der Waals surface area contributed by atoms with Crippen molar-refractivity contribution in [3.05, 3.63) is 59.7 Å². The van der Waals surface area contributed by atoms with Gasteiger partial charge in [-0.25, -0.2) is 0 Å². The quantitative estimate of drug-likeness (QED) is 0.726. The highest BCUT2D eigenvalue weighted by Gasteiger charge is 2.29. The zero-order chi connectivity index (χ0) is 21.5. The summed E-state index contributed by atoms with van der Waals surface area (Å²) < 4.78 is 0. The van der Waals surface area contributed by atoms with E-state index in [1.54, 1.807) is 29.2 Å². The molecule has 1 fully saturated rings. The minimum atomic E-state index is -0.233. The fourth-order valence-electron chi connectivity index (χ4n) is 3.74. The molecule has 0 unspecified atom stereocenters. The van der Waals surface area contributed by atoms with E-state index in [9.17, 15) is 14.4 Å². The van der Waals surface area contributed by atoms with Gasteiger partial charge in [-0.3, -0.25) is 14.4 Å². The zero-order valence-electron chi connectivity index (χ0n) is 17.6. The van der Waals surface area contributed by atoms with Gasteiger partial charge in [0.1, 0.15) is 0 Å². The third-order valence-corrected chi connectivity index (χ3v) is 5.40. The Labute approximate surface area is 177 Å². The number of nitrogens with zero attached hydrogens (tertiary/aromatic N) is 1. The van der Waals surface area contributed by atoms with Crippen molar-refractivity contribution in [3.8, 4) is 0 Å². The van der Waals surface area contributed by atoms with Crippen molar-refractivity contribution in [2.24, 2.45) is 5.92 Å². The van der Waals surface area contributed by atoms with Crippen molar-refractivity contribution in [2.45, 2.75) is 39.5 Å². The first-order valence-electron chi connectivity index (χ1n) is 10.6. The van der Waals surface area contributed by atoms with E-state index in [1.165, 1.54) is 0 Å². The number of aryl methyl sites for hydroxylation is 1. The summed E-state index contributed by atoms with van der Waals surface area (Å²) in [4.78, 5) is 39.2. The summed E-state index contributed by atoms with van der Waals surface area (Å²) in [5.41, 5.74) is 2.92. The van der Waals surface area contributed by atoms with Crippen molar-refractivity contribution in [2.75, 3.05) is 23.7 Å². The van der Waals surface area contributed by atoms with Gasteiger partial charge >= 0.3 is 0 Å². The molecule has 0 aromatic heterocycles. The normalized spacial score (nSPS) is 16.3. The number of benzene rings is 2. The van der Waals surface area contributed by atoms with E-state index in [0.717, 1.165) is 24.1 Å². The molecule has 1 aliphatic rings. The summed E-state index contributed by atoms with van der Waals surface area (Å²) in [6.45, 7) is 5.19. The van der Waals surface area contributed by atoms with Crippen LogP contribution >= 0.6 is 0 Å². The van der Waals surface area contributed by atoms with E-state index >= 15 is 0 Å². The van der Waals surface area contributed by atoms with E-state index in [-0.39, 0.29) is 23.6 Å². The molecule has 30 heavy (non-hydrogen) atoms. The average Bonchev–Trinajstić information content (AvgIpc) is 2.76. The van der Waals surface area contributed by atoms with Crippen molar-refractivity contribution in [3.63, 3.8) is 0 Å². The number of carbonyl (C=O) groups is 3. The van der Waals surface area contributed by atoms with Gasteiger partial charge in [0.2, 0.25) is 11.8 Å². The van der Waals surface area contributed by atoms with Gasteiger partial charge in [0.05, 0.1) is 5.92 Å². The standard InChI is InChI=1S/C24H29N3O3/c1-3-14-27-16-19(12-13-22(27)28)24(30)25-20-10-7-9-18(15-20)23(29)26-21-11-6-5-8-17(21)4-2/h5-11,15,19H,3-4,12-14,16H2,1-2H3,(H,25,30)(H,26,29)/t19-/m0/s1. The van der Waals surface area contributed by atoms with Gasteiger partial charge in [-0.1, -0.05) is 38.1 Å². The molecule has 1 atom stereocenters. The van der Waals surface area contributed by atoms with Crippen LogP contribution in [0.1, 0.15) is 49.0 Å². The number of likely N-dealkylation sites (tertiary alicyclic amines) is 1. The molecule has 6 heteroatoms. The predicted molar refractivity (Wildman–Crippen MR) is 118 cm³/mol. The van der Waals surface area contributed by atoms with Gasteiger partial charge in [-0.15, -0.1) is 0 Å². The zero-order valence-corrected chi connectivity index (χ0v) is 17.6. The first kappa shape index (κ1) is 21.6. The Morgan fingerprint density at radius 2 is 1.87 bits per heavy atom. The molecule has 2 aromatic carbocycles. The number of anilines is 2. The van der Waals surface area contributed by atoms with Crippen LogP contribution < -0.4 is 10.6 Å². The minimum Gasteiger partial charge on any atom is -0.342 e. The van der Waals surface area contributed by atoms with Gasteiger partial charge in [-0.2, -0.15) is 0 Å². The van der Waals surface area contributed by atoms with Gasteiger partial charge in [0, 0.05) is 36.4 Å². The van der Waals surface area contributed by atoms with E-state index in [2.05, 4.69) is 10.6 Å². The molecule has 158 valence electrons. The third-order valence-electron chi connectivity index (χ3n) is 5.40. The summed E-state index contributed by atoms with van der Waals surface area (Å²) in [5.74, 6) is -0.447. The monoisotopic (exact) mass is 407 g/mol. The van der Waals surface area contributed by atoms with Crippen LogP contribution in [0.3, 0.4) is 0 Å². The molecule has 1 saturated heterocycles. The van der Waals surface area contributed by atoms with Crippen LogP contribution in [-0.4, -0.2) is 35.7 Å². The van der Waals surface area contributed by atoms with Crippen LogP contribution in [0.2, 0.25) is 0 Å². The molecule has 3 rings (SSSR count). The SMILES string of the molecule is CCCN1C[C@@H](C(=O)Nc2cccc(C(=O)Nc3ccccc3CC)c2)CCC1=O. The Morgan fingerprint density at radius 1 is 1.07 bits per heavy atom. The first-order valence-corrected chi connectivity index (χ1v) is 10.6. The smallest absolute Gasteiger partial charge is 0.255 e. The van der Waals surface area contributed by atoms with Crippen LogP contribution in [0.15, 0.2) is 48.5 Å². The van der Waals surface area contributed by atoms with Crippen molar-refractivity contribution in [1.29, 1.82) is 0 Å². The molecular formula is C24H29N3O3. The Balaban J connectivity index is 1.65. The highest BCUT2D eigenvalue weighted by Crippen LogP contribution is 2.21. The maximum Gasteiger partial charge on any atom is 0.255 e. The third kappa shape index (κ3) is 5.26. The van der Waals surface area contributed by atoms with Crippen LogP contribution in [0.5, 0.6) is 0 Å². The summed E-state index contributed by atoms with van der Waals surface area (Å²) in [7, 11) is 0. The minimum absolute atomic E-state index is 0.113. The van der Waals surface area contributed by atoms with Gasteiger partial charge < -0.3 is 15.5 Å². The van der Waals surface area contributed by atoms with Crippen molar-refractivity contribution in [1.82, 2.24) is 4.90 Å². The lowest BCUT2D eigenvalue weighted by molar-refractivity contribution is -0.137. The van der Waals surface area contributed by atoms with Crippen molar-refractivity contribution >= 4 is 29.1 Å². The van der Waals surface area contributed by atoms with E-state index < -0.39 is 0 Å². The molecule has 3 amide bonds. The summed E-state index contributed by atoms with van der Waals surface area (Å²) in [6.07, 6.45) is 2.65. The topological polar surface area (TPSA) is 78.5 Å². The van der Waals surface area contributed by atoms with E-state index in [0.29, 0.717) is 37.2 Å². The lowest BCUT2D eigenvalue weighted by Crippen LogP contribution is -2.44.